The van der Waals surface area contributed by atoms with E-state index in [0.29, 0.717) is 15.9 Å². The van der Waals surface area contributed by atoms with Crippen molar-refractivity contribution in [3.63, 3.8) is 0 Å². The van der Waals surface area contributed by atoms with Crippen LogP contribution in [0.5, 0.6) is 5.75 Å². The van der Waals surface area contributed by atoms with Gasteiger partial charge in [0.05, 0.1) is 5.39 Å². The van der Waals surface area contributed by atoms with Crippen LogP contribution in [0.4, 0.5) is 5.69 Å². The minimum atomic E-state index is -0.584. The molecule has 0 bridgehead atoms. The van der Waals surface area contributed by atoms with E-state index in [0.717, 1.165) is 36.8 Å². The molecule has 1 aliphatic rings. The van der Waals surface area contributed by atoms with Gasteiger partial charge in [-0.2, -0.15) is 0 Å². The highest BCUT2D eigenvalue weighted by Gasteiger charge is 2.25. The highest BCUT2D eigenvalue weighted by atomic mass is 32.1. The Balaban J connectivity index is 1.80. The van der Waals surface area contributed by atoms with Crippen molar-refractivity contribution < 1.29 is 9.90 Å². The van der Waals surface area contributed by atoms with Crippen LogP contribution in [0.15, 0.2) is 29.1 Å². The number of carbonyl (C=O) groups excluding carboxylic acids is 1. The van der Waals surface area contributed by atoms with Crippen LogP contribution in [-0.4, -0.2) is 16.0 Å². The summed E-state index contributed by atoms with van der Waals surface area (Å²) in [6, 6.07) is 7.51. The number of aromatic amines is 1. The topological polar surface area (TPSA) is 82.2 Å². The third-order valence-corrected chi connectivity index (χ3v) is 6.36. The first kappa shape index (κ1) is 17.8. The summed E-state index contributed by atoms with van der Waals surface area (Å²) in [6.45, 7) is 4.08. The van der Waals surface area contributed by atoms with Crippen molar-refractivity contribution in [2.24, 2.45) is 0 Å². The van der Waals surface area contributed by atoms with Gasteiger partial charge in [0, 0.05) is 10.6 Å². The number of anilines is 1. The second-order valence-electron chi connectivity index (χ2n) is 7.29. The van der Waals surface area contributed by atoms with Crippen LogP contribution in [0.3, 0.4) is 0 Å². The Hall–Kier alpha value is -2.60. The Bertz CT molecular complexity index is 1090. The van der Waals surface area contributed by atoms with Gasteiger partial charge in [-0.15, -0.1) is 11.3 Å². The zero-order valence-electron chi connectivity index (χ0n) is 15.4. The number of hydrogen-bond acceptors (Lipinski definition) is 4. The zero-order valence-corrected chi connectivity index (χ0v) is 16.2. The van der Waals surface area contributed by atoms with Gasteiger partial charge in [0.2, 0.25) is 0 Å². The first-order chi connectivity index (χ1) is 13.0. The minimum absolute atomic E-state index is 0.201. The summed E-state index contributed by atoms with van der Waals surface area (Å²) in [5, 5.41) is 14.3. The lowest BCUT2D eigenvalue weighted by atomic mass is 9.96. The summed E-state index contributed by atoms with van der Waals surface area (Å²) in [5.74, 6) is -0.563. The van der Waals surface area contributed by atoms with Gasteiger partial charge in [-0.25, -0.2) is 0 Å². The molecule has 4 rings (SSSR count). The molecule has 0 atom stereocenters. The highest BCUT2D eigenvalue weighted by Crippen LogP contribution is 2.40. The van der Waals surface area contributed by atoms with Gasteiger partial charge in [0.25, 0.3) is 11.5 Å². The second-order valence-corrected chi connectivity index (χ2v) is 8.39. The molecule has 0 radical (unpaired) electrons. The van der Waals surface area contributed by atoms with Crippen molar-refractivity contribution in [3.8, 4) is 5.75 Å². The van der Waals surface area contributed by atoms with Crippen molar-refractivity contribution in [1.82, 2.24) is 4.98 Å². The molecule has 1 aliphatic carbocycles. The van der Waals surface area contributed by atoms with E-state index in [1.165, 1.54) is 16.2 Å². The normalized spacial score (nSPS) is 13.7. The third-order valence-electron chi connectivity index (χ3n) is 5.16. The number of benzene rings is 1. The fraction of sp³-hybridized carbons (Fsp3) is 0.333. The van der Waals surface area contributed by atoms with Gasteiger partial charge < -0.3 is 15.4 Å². The molecule has 0 spiro atoms. The Labute approximate surface area is 161 Å². The Morgan fingerprint density at radius 2 is 1.96 bits per heavy atom. The predicted octanol–water partition coefficient (Wildman–Crippen LogP) is 4.55. The Kier molecular flexibility index (Phi) is 4.52. The molecule has 2 heterocycles. The molecule has 0 unspecified atom stereocenters. The molecular weight excluding hydrogens is 360 g/mol. The predicted molar refractivity (Wildman–Crippen MR) is 109 cm³/mol. The van der Waals surface area contributed by atoms with Crippen molar-refractivity contribution in [2.75, 3.05) is 5.32 Å². The lowest BCUT2D eigenvalue weighted by Gasteiger charge is -2.14. The van der Waals surface area contributed by atoms with Crippen LogP contribution in [0.1, 0.15) is 59.0 Å². The van der Waals surface area contributed by atoms with Crippen LogP contribution in [0.2, 0.25) is 0 Å². The van der Waals surface area contributed by atoms with Crippen LogP contribution >= 0.6 is 11.3 Å². The summed E-state index contributed by atoms with van der Waals surface area (Å²) in [5.41, 5.74) is 1.94. The number of aromatic hydroxyl groups is 1. The van der Waals surface area contributed by atoms with Gasteiger partial charge in [0.1, 0.15) is 16.1 Å². The van der Waals surface area contributed by atoms with Crippen molar-refractivity contribution in [3.05, 3.63) is 56.2 Å². The number of rotatable bonds is 3. The summed E-state index contributed by atoms with van der Waals surface area (Å²) < 4.78 is 0. The Morgan fingerprint density at radius 3 is 2.74 bits per heavy atom. The fourth-order valence-corrected chi connectivity index (χ4v) is 5.10. The molecule has 0 saturated carbocycles. The number of aryl methyl sites for hydroxylation is 2. The number of fused-ring (bicyclic) bond motifs is 3. The van der Waals surface area contributed by atoms with E-state index in [-0.39, 0.29) is 17.2 Å². The average Bonchev–Trinajstić information content (AvgIpc) is 3.00. The lowest BCUT2D eigenvalue weighted by molar-refractivity contribution is 0.102. The number of para-hydroxylation sites is 1. The van der Waals surface area contributed by atoms with E-state index in [4.69, 9.17) is 0 Å². The van der Waals surface area contributed by atoms with E-state index in [2.05, 4.69) is 10.3 Å². The van der Waals surface area contributed by atoms with Crippen LogP contribution in [0, 0.1) is 0 Å². The van der Waals surface area contributed by atoms with E-state index in [1.807, 2.05) is 38.1 Å². The summed E-state index contributed by atoms with van der Waals surface area (Å²) >= 11 is 1.51. The number of H-pyrrole nitrogens is 1. The number of aromatic nitrogens is 1. The number of carbonyl (C=O) groups is 1. The molecule has 140 valence electrons. The molecule has 0 fully saturated rings. The van der Waals surface area contributed by atoms with Crippen LogP contribution < -0.4 is 10.9 Å². The molecular formula is C21H22N2O3S. The first-order valence-electron chi connectivity index (χ1n) is 9.27. The molecule has 1 amide bonds. The smallest absolute Gasteiger partial charge is 0.265 e. The van der Waals surface area contributed by atoms with E-state index < -0.39 is 11.5 Å². The first-order valence-corrected chi connectivity index (χ1v) is 10.1. The molecule has 3 aromatic rings. The van der Waals surface area contributed by atoms with Crippen molar-refractivity contribution in [2.45, 2.75) is 45.4 Å². The monoisotopic (exact) mass is 382 g/mol. The van der Waals surface area contributed by atoms with Gasteiger partial charge in [-0.1, -0.05) is 32.0 Å². The molecule has 3 N–H and O–H groups in total. The molecule has 0 aliphatic heterocycles. The standard InChI is InChI=1S/C21H22N2O3S/c1-11(2)12-7-3-5-9-14(12)22-19(25)17-18(24)16-13-8-4-6-10-15(13)27-21(16)23-20(17)26/h3,5,7,9,11H,4,6,8,10H2,1-2H3,(H,22,25)(H2,23,24,26). The lowest BCUT2D eigenvalue weighted by Crippen LogP contribution is -2.23. The maximum Gasteiger partial charge on any atom is 0.265 e. The Morgan fingerprint density at radius 1 is 1.22 bits per heavy atom. The number of nitrogens with one attached hydrogen (secondary N) is 2. The SMILES string of the molecule is CC(C)c1ccccc1NC(=O)c1c(O)c2c3c(sc2[nH]c1=O)CCCC3. The molecule has 27 heavy (non-hydrogen) atoms. The second kappa shape index (κ2) is 6.85. The number of pyridine rings is 1. The number of hydrogen-bond donors (Lipinski definition) is 3. The van der Waals surface area contributed by atoms with E-state index >= 15 is 0 Å². The maximum absolute atomic E-state index is 12.9. The largest absolute Gasteiger partial charge is 0.506 e. The van der Waals surface area contributed by atoms with E-state index in [1.54, 1.807) is 0 Å². The number of thiophene rings is 1. The van der Waals surface area contributed by atoms with Gasteiger partial charge >= 0.3 is 0 Å². The molecule has 1 aromatic carbocycles. The fourth-order valence-electron chi connectivity index (χ4n) is 3.81. The number of amides is 1. The van der Waals surface area contributed by atoms with Crippen LogP contribution in [-0.2, 0) is 12.8 Å². The third kappa shape index (κ3) is 3.04. The average molecular weight is 382 g/mol. The summed E-state index contributed by atoms with van der Waals surface area (Å²) in [4.78, 5) is 30.1. The summed E-state index contributed by atoms with van der Waals surface area (Å²) in [6.07, 6.45) is 4.00. The minimum Gasteiger partial charge on any atom is -0.506 e. The van der Waals surface area contributed by atoms with Gasteiger partial charge in [-0.3, -0.25) is 9.59 Å². The summed E-state index contributed by atoms with van der Waals surface area (Å²) in [7, 11) is 0. The van der Waals surface area contributed by atoms with Crippen molar-refractivity contribution in [1.29, 1.82) is 0 Å². The van der Waals surface area contributed by atoms with E-state index in [9.17, 15) is 14.7 Å². The molecule has 5 nitrogen and oxygen atoms in total. The molecule has 0 saturated heterocycles. The quantitative estimate of drug-likeness (QED) is 0.621. The highest BCUT2D eigenvalue weighted by molar-refractivity contribution is 7.18. The molecule has 6 heteroatoms. The maximum atomic E-state index is 12.9. The van der Waals surface area contributed by atoms with Gasteiger partial charge in [-0.05, 0) is 48.8 Å². The van der Waals surface area contributed by atoms with Crippen LogP contribution in [0.25, 0.3) is 10.2 Å². The zero-order chi connectivity index (χ0) is 19.1. The molecule has 2 aromatic heterocycles. The van der Waals surface area contributed by atoms with Crippen molar-refractivity contribution >= 4 is 33.1 Å². The van der Waals surface area contributed by atoms with Gasteiger partial charge in [0.15, 0.2) is 0 Å².